The summed E-state index contributed by atoms with van der Waals surface area (Å²) in [4.78, 5) is 0. The second-order valence-electron chi connectivity index (χ2n) is 2.88. The Morgan fingerprint density at radius 2 is 1.93 bits per heavy atom. The van der Waals surface area contributed by atoms with Crippen LogP contribution in [0.3, 0.4) is 0 Å². The minimum Gasteiger partial charge on any atom is -0.212 e. The third-order valence-corrected chi connectivity index (χ3v) is 3.05. The number of sulfonamides is 1. The zero-order valence-corrected chi connectivity index (χ0v) is 10.2. The first-order valence-corrected chi connectivity index (χ1v) is 6.44. The second kappa shape index (κ2) is 5.86. The SMILES string of the molecule is C=C(Br)CNS(=O)(=O)CCCC(F)(F)F. The minimum atomic E-state index is -4.31. The summed E-state index contributed by atoms with van der Waals surface area (Å²) < 4.78 is 59.8. The molecule has 0 unspecified atom stereocenters. The number of alkyl halides is 3. The summed E-state index contributed by atoms with van der Waals surface area (Å²) in [6, 6.07) is 0. The van der Waals surface area contributed by atoms with E-state index in [1.807, 2.05) is 0 Å². The fourth-order valence-corrected chi connectivity index (χ4v) is 2.11. The molecule has 0 saturated heterocycles. The lowest BCUT2D eigenvalue weighted by molar-refractivity contribution is -0.134. The van der Waals surface area contributed by atoms with Crippen LogP contribution >= 0.6 is 15.9 Å². The van der Waals surface area contributed by atoms with Crippen molar-refractivity contribution in [1.29, 1.82) is 0 Å². The van der Waals surface area contributed by atoms with Gasteiger partial charge in [-0.3, -0.25) is 0 Å². The van der Waals surface area contributed by atoms with Gasteiger partial charge in [0, 0.05) is 17.4 Å². The average molecular weight is 310 g/mol. The molecule has 0 radical (unpaired) electrons. The van der Waals surface area contributed by atoms with Gasteiger partial charge in [-0.25, -0.2) is 13.1 Å². The maximum Gasteiger partial charge on any atom is 0.389 e. The van der Waals surface area contributed by atoms with E-state index in [1.54, 1.807) is 0 Å². The Bertz CT molecular complexity index is 313. The molecular weight excluding hydrogens is 299 g/mol. The molecular formula is C7H11BrF3NO2S. The van der Waals surface area contributed by atoms with Crippen molar-refractivity contribution in [1.82, 2.24) is 4.72 Å². The van der Waals surface area contributed by atoms with Gasteiger partial charge in [0.25, 0.3) is 0 Å². The van der Waals surface area contributed by atoms with Crippen LogP contribution in [0.1, 0.15) is 12.8 Å². The lowest BCUT2D eigenvalue weighted by Gasteiger charge is -2.07. The van der Waals surface area contributed by atoms with Gasteiger partial charge >= 0.3 is 6.18 Å². The van der Waals surface area contributed by atoms with Crippen molar-refractivity contribution in [2.45, 2.75) is 19.0 Å². The fourth-order valence-electron chi connectivity index (χ4n) is 0.723. The lowest BCUT2D eigenvalue weighted by Crippen LogP contribution is -2.28. The van der Waals surface area contributed by atoms with Gasteiger partial charge in [0.15, 0.2) is 0 Å². The van der Waals surface area contributed by atoms with Gasteiger partial charge in [0.1, 0.15) is 0 Å². The van der Waals surface area contributed by atoms with Crippen LogP contribution in [0.25, 0.3) is 0 Å². The highest BCUT2D eigenvalue weighted by molar-refractivity contribution is 9.11. The van der Waals surface area contributed by atoms with Gasteiger partial charge in [0.05, 0.1) is 5.75 Å². The number of rotatable bonds is 6. The number of halogens is 4. The monoisotopic (exact) mass is 309 g/mol. The lowest BCUT2D eigenvalue weighted by atomic mass is 10.3. The highest BCUT2D eigenvalue weighted by atomic mass is 79.9. The van der Waals surface area contributed by atoms with E-state index in [0.29, 0.717) is 4.48 Å². The van der Waals surface area contributed by atoms with Gasteiger partial charge in [-0.15, -0.1) is 0 Å². The van der Waals surface area contributed by atoms with Crippen molar-refractivity contribution in [3.63, 3.8) is 0 Å². The summed E-state index contributed by atoms with van der Waals surface area (Å²) in [5.41, 5.74) is 0. The predicted molar refractivity (Wildman–Crippen MR) is 55.1 cm³/mol. The van der Waals surface area contributed by atoms with Crippen molar-refractivity contribution in [3.05, 3.63) is 11.1 Å². The molecule has 8 heteroatoms. The van der Waals surface area contributed by atoms with Crippen molar-refractivity contribution < 1.29 is 21.6 Å². The van der Waals surface area contributed by atoms with Gasteiger partial charge in [-0.05, 0) is 6.42 Å². The summed E-state index contributed by atoms with van der Waals surface area (Å²) in [5.74, 6) is -0.535. The molecule has 0 spiro atoms. The van der Waals surface area contributed by atoms with E-state index < -0.39 is 34.8 Å². The fraction of sp³-hybridized carbons (Fsp3) is 0.714. The van der Waals surface area contributed by atoms with Crippen molar-refractivity contribution in [2.24, 2.45) is 0 Å². The molecule has 0 saturated carbocycles. The van der Waals surface area contributed by atoms with Gasteiger partial charge in [-0.2, -0.15) is 13.2 Å². The van der Waals surface area contributed by atoms with Crippen LogP contribution in [-0.4, -0.2) is 26.9 Å². The van der Waals surface area contributed by atoms with E-state index in [2.05, 4.69) is 27.2 Å². The van der Waals surface area contributed by atoms with Gasteiger partial charge < -0.3 is 0 Å². The Labute approximate surface area is 94.9 Å². The van der Waals surface area contributed by atoms with E-state index in [9.17, 15) is 21.6 Å². The topological polar surface area (TPSA) is 46.2 Å². The highest BCUT2D eigenvalue weighted by Gasteiger charge is 2.27. The Balaban J connectivity index is 3.90. The summed E-state index contributed by atoms with van der Waals surface area (Å²) >= 11 is 2.93. The van der Waals surface area contributed by atoms with Crippen LogP contribution in [0.15, 0.2) is 11.1 Å². The first-order valence-electron chi connectivity index (χ1n) is 4.00. The molecule has 0 bridgehead atoms. The molecule has 0 atom stereocenters. The maximum absolute atomic E-state index is 11.7. The van der Waals surface area contributed by atoms with E-state index in [0.717, 1.165) is 0 Å². The molecule has 0 fully saturated rings. The zero-order chi connectivity index (χ0) is 12.1. The van der Waals surface area contributed by atoms with Crippen molar-refractivity contribution >= 4 is 26.0 Å². The number of nitrogens with one attached hydrogen (secondary N) is 1. The predicted octanol–water partition coefficient (Wildman–Crippen LogP) is 2.16. The molecule has 1 N–H and O–H groups in total. The van der Waals surface area contributed by atoms with E-state index in [4.69, 9.17) is 0 Å². The smallest absolute Gasteiger partial charge is 0.212 e. The number of hydrogen-bond donors (Lipinski definition) is 1. The zero-order valence-electron chi connectivity index (χ0n) is 7.77. The molecule has 0 aliphatic heterocycles. The first-order chi connectivity index (χ1) is 6.62. The second-order valence-corrected chi connectivity index (χ2v) is 5.92. The van der Waals surface area contributed by atoms with Crippen LogP contribution in [0.2, 0.25) is 0 Å². The number of hydrogen-bond acceptors (Lipinski definition) is 2. The minimum absolute atomic E-state index is 0.0195. The molecule has 3 nitrogen and oxygen atoms in total. The maximum atomic E-state index is 11.7. The quantitative estimate of drug-likeness (QED) is 0.817. The Morgan fingerprint density at radius 1 is 1.40 bits per heavy atom. The molecule has 0 aliphatic rings. The van der Waals surface area contributed by atoms with Crippen LogP contribution < -0.4 is 4.72 Å². The summed E-state index contributed by atoms with van der Waals surface area (Å²) in [6.45, 7) is 3.37. The Morgan fingerprint density at radius 3 is 2.33 bits per heavy atom. The van der Waals surface area contributed by atoms with E-state index >= 15 is 0 Å². The first kappa shape index (κ1) is 14.9. The molecule has 0 rings (SSSR count). The third kappa shape index (κ3) is 10.2. The standard InChI is InChI=1S/C7H11BrF3NO2S/c1-6(8)5-12-15(13,14)4-2-3-7(9,10)11/h12H,1-5H2. The molecule has 15 heavy (non-hydrogen) atoms. The average Bonchev–Trinajstić information content (AvgIpc) is 1.98. The third-order valence-electron chi connectivity index (χ3n) is 1.36. The van der Waals surface area contributed by atoms with Gasteiger partial charge in [0.2, 0.25) is 10.0 Å². The van der Waals surface area contributed by atoms with Crippen molar-refractivity contribution in [2.75, 3.05) is 12.3 Å². The van der Waals surface area contributed by atoms with Crippen LogP contribution in [0.4, 0.5) is 13.2 Å². The Hall–Kier alpha value is -0.0800. The molecule has 0 amide bonds. The van der Waals surface area contributed by atoms with Crippen LogP contribution in [-0.2, 0) is 10.0 Å². The molecule has 0 aliphatic carbocycles. The summed E-state index contributed by atoms with van der Waals surface area (Å²) in [6.07, 6.45) is -5.84. The summed E-state index contributed by atoms with van der Waals surface area (Å²) in [7, 11) is -3.64. The molecule has 0 aromatic rings. The highest BCUT2D eigenvalue weighted by Crippen LogP contribution is 2.21. The van der Waals surface area contributed by atoms with E-state index in [1.165, 1.54) is 0 Å². The Kier molecular flexibility index (Phi) is 5.82. The van der Waals surface area contributed by atoms with E-state index in [-0.39, 0.29) is 6.54 Å². The normalized spacial score (nSPS) is 12.8. The molecule has 0 heterocycles. The summed E-state index contributed by atoms with van der Waals surface area (Å²) in [5, 5.41) is 0. The van der Waals surface area contributed by atoms with Gasteiger partial charge in [-0.1, -0.05) is 22.5 Å². The van der Waals surface area contributed by atoms with Crippen molar-refractivity contribution in [3.8, 4) is 0 Å². The molecule has 0 aromatic heterocycles. The van der Waals surface area contributed by atoms with Crippen LogP contribution in [0, 0.1) is 0 Å². The largest absolute Gasteiger partial charge is 0.389 e. The molecule has 0 aromatic carbocycles. The molecule has 90 valence electrons. The van der Waals surface area contributed by atoms with Crippen LogP contribution in [0.5, 0.6) is 0 Å².